The molecular formula is C17H18O3. The third-order valence-corrected chi connectivity index (χ3v) is 5.04. The lowest BCUT2D eigenvalue weighted by Gasteiger charge is -2.33. The molecule has 3 nitrogen and oxygen atoms in total. The van der Waals surface area contributed by atoms with Crippen LogP contribution < -0.4 is 4.74 Å². The Balaban J connectivity index is 1.78. The minimum Gasteiger partial charge on any atom is -0.497 e. The second-order valence-electron chi connectivity index (χ2n) is 5.91. The number of methoxy groups -OCH3 is 1. The molecule has 20 heavy (non-hydrogen) atoms. The average Bonchev–Trinajstić information content (AvgIpc) is 2.88. The zero-order chi connectivity index (χ0) is 13.7. The Bertz CT molecular complexity index is 615. The Morgan fingerprint density at radius 2 is 2.10 bits per heavy atom. The maximum Gasteiger partial charge on any atom is 0.309 e. The number of hydrogen-bond donors (Lipinski definition) is 0. The Morgan fingerprint density at radius 1 is 1.20 bits per heavy atom. The number of allylic oxidation sites excluding steroid dienone is 1. The van der Waals surface area contributed by atoms with Crippen molar-refractivity contribution in [1.82, 2.24) is 0 Å². The fraction of sp³-hybridized carbons (Fsp3) is 0.471. The van der Waals surface area contributed by atoms with Gasteiger partial charge in [-0.05, 0) is 54.5 Å². The number of aryl methyl sites for hydroxylation is 1. The Hall–Kier alpha value is -1.77. The highest BCUT2D eigenvalue weighted by Crippen LogP contribution is 2.48. The molecule has 1 aliphatic heterocycles. The summed E-state index contributed by atoms with van der Waals surface area (Å²) in [5.41, 5.74) is 5.69. The highest BCUT2D eigenvalue weighted by Gasteiger charge is 2.43. The van der Waals surface area contributed by atoms with E-state index in [0.29, 0.717) is 12.5 Å². The van der Waals surface area contributed by atoms with Crippen molar-refractivity contribution < 1.29 is 14.3 Å². The second kappa shape index (κ2) is 4.37. The summed E-state index contributed by atoms with van der Waals surface area (Å²) in [5.74, 6) is 1.40. The van der Waals surface area contributed by atoms with Crippen molar-refractivity contribution in [3.8, 4) is 5.75 Å². The van der Waals surface area contributed by atoms with Gasteiger partial charge in [-0.1, -0.05) is 11.6 Å². The van der Waals surface area contributed by atoms with Gasteiger partial charge in [-0.2, -0.15) is 0 Å². The molecule has 1 fully saturated rings. The van der Waals surface area contributed by atoms with Crippen molar-refractivity contribution in [2.45, 2.75) is 25.7 Å². The van der Waals surface area contributed by atoms with Gasteiger partial charge >= 0.3 is 5.97 Å². The fourth-order valence-corrected chi connectivity index (χ4v) is 4.02. The first kappa shape index (κ1) is 12.0. The summed E-state index contributed by atoms with van der Waals surface area (Å²) in [4.78, 5) is 11.8. The maximum atomic E-state index is 11.8. The van der Waals surface area contributed by atoms with Crippen LogP contribution in [0.15, 0.2) is 23.8 Å². The topological polar surface area (TPSA) is 35.5 Å². The molecular weight excluding hydrogens is 252 g/mol. The number of hydrogen-bond acceptors (Lipinski definition) is 3. The number of benzene rings is 1. The lowest BCUT2D eigenvalue weighted by Crippen LogP contribution is -2.25. The summed E-state index contributed by atoms with van der Waals surface area (Å²) in [6.45, 7) is 0.591. The molecule has 4 rings (SSSR count). The number of fused-ring (bicyclic) bond motifs is 4. The molecule has 0 spiro atoms. The van der Waals surface area contributed by atoms with Crippen LogP contribution in [0.4, 0.5) is 0 Å². The molecule has 2 aliphatic carbocycles. The SMILES string of the molecule is COc1ccc2c(c1)CCC1=C2CC[C@@H]2C(=O)OC[C@H]12. The van der Waals surface area contributed by atoms with Crippen LogP contribution in [0.3, 0.4) is 0 Å². The van der Waals surface area contributed by atoms with Crippen molar-refractivity contribution in [2.75, 3.05) is 13.7 Å². The molecule has 0 amide bonds. The van der Waals surface area contributed by atoms with E-state index in [4.69, 9.17) is 9.47 Å². The highest BCUT2D eigenvalue weighted by molar-refractivity contribution is 5.81. The zero-order valence-corrected chi connectivity index (χ0v) is 11.6. The molecule has 2 atom stereocenters. The molecule has 1 heterocycles. The third kappa shape index (κ3) is 1.62. The van der Waals surface area contributed by atoms with Crippen LogP contribution in [0.2, 0.25) is 0 Å². The van der Waals surface area contributed by atoms with Crippen LogP contribution in [0.1, 0.15) is 30.4 Å². The van der Waals surface area contributed by atoms with Crippen molar-refractivity contribution in [2.24, 2.45) is 11.8 Å². The minimum absolute atomic E-state index is 0.0158. The van der Waals surface area contributed by atoms with E-state index in [1.165, 1.54) is 22.3 Å². The van der Waals surface area contributed by atoms with Crippen LogP contribution in [-0.2, 0) is 16.0 Å². The summed E-state index contributed by atoms with van der Waals surface area (Å²) >= 11 is 0. The summed E-state index contributed by atoms with van der Waals surface area (Å²) in [7, 11) is 1.71. The van der Waals surface area contributed by atoms with Gasteiger partial charge in [0.25, 0.3) is 0 Å². The first-order valence-corrected chi connectivity index (χ1v) is 7.34. The monoisotopic (exact) mass is 270 g/mol. The molecule has 1 aromatic rings. The lowest BCUT2D eigenvalue weighted by molar-refractivity contribution is -0.141. The number of ether oxygens (including phenoxy) is 2. The Kier molecular flexibility index (Phi) is 2.62. The number of rotatable bonds is 1. The van der Waals surface area contributed by atoms with Gasteiger partial charge in [0.15, 0.2) is 0 Å². The average molecular weight is 270 g/mol. The van der Waals surface area contributed by atoms with E-state index < -0.39 is 0 Å². The standard InChI is InChI=1S/C17H18O3/c1-19-11-3-5-12-10(8-11)2-4-14-13(12)6-7-15-16(14)9-20-17(15)18/h3,5,8,15-16H,2,4,6-7,9H2,1H3/t15-,16+/m0/s1. The van der Waals surface area contributed by atoms with E-state index >= 15 is 0 Å². The van der Waals surface area contributed by atoms with Crippen molar-refractivity contribution in [3.05, 3.63) is 34.9 Å². The normalized spacial score (nSPS) is 27.6. The molecule has 0 unspecified atom stereocenters. The van der Waals surface area contributed by atoms with Gasteiger partial charge in [0, 0.05) is 5.92 Å². The minimum atomic E-state index is 0.0158. The van der Waals surface area contributed by atoms with E-state index in [9.17, 15) is 4.79 Å². The Labute approximate surface area is 118 Å². The van der Waals surface area contributed by atoms with Crippen LogP contribution in [-0.4, -0.2) is 19.7 Å². The number of carbonyl (C=O) groups excluding carboxylic acids is 1. The van der Waals surface area contributed by atoms with Gasteiger partial charge < -0.3 is 9.47 Å². The highest BCUT2D eigenvalue weighted by atomic mass is 16.5. The number of cyclic esters (lactones) is 1. The van der Waals surface area contributed by atoms with Crippen molar-refractivity contribution >= 4 is 11.5 Å². The zero-order valence-electron chi connectivity index (χ0n) is 11.6. The largest absolute Gasteiger partial charge is 0.497 e. The van der Waals surface area contributed by atoms with Gasteiger partial charge in [0.1, 0.15) is 5.75 Å². The van der Waals surface area contributed by atoms with E-state index in [2.05, 4.69) is 12.1 Å². The van der Waals surface area contributed by atoms with E-state index in [0.717, 1.165) is 31.4 Å². The van der Waals surface area contributed by atoms with Crippen LogP contribution in [0.25, 0.3) is 5.57 Å². The summed E-state index contributed by atoms with van der Waals surface area (Å²) in [6.07, 6.45) is 4.05. The Morgan fingerprint density at radius 3 is 2.95 bits per heavy atom. The smallest absolute Gasteiger partial charge is 0.309 e. The summed E-state index contributed by atoms with van der Waals surface area (Å²) < 4.78 is 10.6. The van der Waals surface area contributed by atoms with Gasteiger partial charge in [0.2, 0.25) is 0 Å². The molecule has 0 bridgehead atoms. The predicted octanol–water partition coefficient (Wildman–Crippen LogP) is 2.98. The molecule has 0 aromatic heterocycles. The van der Waals surface area contributed by atoms with Gasteiger partial charge in [-0.15, -0.1) is 0 Å². The summed E-state index contributed by atoms with van der Waals surface area (Å²) in [6, 6.07) is 6.37. The van der Waals surface area contributed by atoms with Crippen molar-refractivity contribution in [3.63, 3.8) is 0 Å². The molecule has 3 heteroatoms. The molecule has 1 saturated heterocycles. The first-order chi connectivity index (χ1) is 9.78. The fourth-order valence-electron chi connectivity index (χ4n) is 4.02. The summed E-state index contributed by atoms with van der Waals surface area (Å²) in [5, 5.41) is 0. The molecule has 0 N–H and O–H groups in total. The second-order valence-corrected chi connectivity index (χ2v) is 5.91. The maximum absolute atomic E-state index is 11.8. The van der Waals surface area contributed by atoms with Crippen molar-refractivity contribution in [1.29, 1.82) is 0 Å². The van der Waals surface area contributed by atoms with E-state index in [1.807, 2.05) is 6.07 Å². The van der Waals surface area contributed by atoms with Gasteiger partial charge in [0.05, 0.1) is 19.6 Å². The lowest BCUT2D eigenvalue weighted by atomic mass is 9.70. The quantitative estimate of drug-likeness (QED) is 0.736. The van der Waals surface area contributed by atoms with E-state index in [-0.39, 0.29) is 11.9 Å². The van der Waals surface area contributed by atoms with Crippen LogP contribution in [0, 0.1) is 11.8 Å². The van der Waals surface area contributed by atoms with Gasteiger partial charge in [-0.3, -0.25) is 4.79 Å². The predicted molar refractivity (Wildman–Crippen MR) is 75.4 cm³/mol. The molecule has 104 valence electrons. The number of carbonyl (C=O) groups is 1. The van der Waals surface area contributed by atoms with Gasteiger partial charge in [-0.25, -0.2) is 0 Å². The third-order valence-electron chi connectivity index (χ3n) is 5.04. The molecule has 0 radical (unpaired) electrons. The molecule has 0 saturated carbocycles. The van der Waals surface area contributed by atoms with E-state index in [1.54, 1.807) is 7.11 Å². The van der Waals surface area contributed by atoms with Crippen LogP contribution in [0.5, 0.6) is 5.75 Å². The first-order valence-electron chi connectivity index (χ1n) is 7.34. The van der Waals surface area contributed by atoms with Crippen LogP contribution >= 0.6 is 0 Å². The molecule has 1 aromatic carbocycles. The number of esters is 1. The molecule has 3 aliphatic rings.